The van der Waals surface area contributed by atoms with Crippen LogP contribution in [0, 0.1) is 0 Å². The standard InChI is InChI=1S/C11H14ClNO2/c12-10-5-3-6-11(13-10)15-8-9-4-1-2-7-14-9/h3,5-6,9H,1-2,4,7-8H2. The molecule has 3 nitrogen and oxygen atoms in total. The summed E-state index contributed by atoms with van der Waals surface area (Å²) >= 11 is 5.74. The summed E-state index contributed by atoms with van der Waals surface area (Å²) in [6, 6.07) is 5.35. The highest BCUT2D eigenvalue weighted by Gasteiger charge is 2.14. The molecular formula is C11H14ClNO2. The Hall–Kier alpha value is -0.800. The molecule has 1 aliphatic rings. The van der Waals surface area contributed by atoms with Crippen LogP contribution in [0.15, 0.2) is 18.2 Å². The molecule has 1 fully saturated rings. The normalized spacial score (nSPS) is 21.3. The van der Waals surface area contributed by atoms with Crippen LogP contribution >= 0.6 is 11.6 Å². The van der Waals surface area contributed by atoms with E-state index in [1.165, 1.54) is 6.42 Å². The molecule has 0 aliphatic carbocycles. The average molecular weight is 228 g/mol. The van der Waals surface area contributed by atoms with Gasteiger partial charge in [0.2, 0.25) is 5.88 Å². The third kappa shape index (κ3) is 3.36. The fourth-order valence-electron chi connectivity index (χ4n) is 1.59. The van der Waals surface area contributed by atoms with Crippen molar-refractivity contribution in [3.63, 3.8) is 0 Å². The van der Waals surface area contributed by atoms with Gasteiger partial charge in [0.25, 0.3) is 0 Å². The number of aromatic nitrogens is 1. The lowest BCUT2D eigenvalue weighted by Gasteiger charge is -2.22. The predicted molar refractivity (Wildman–Crippen MR) is 58.3 cm³/mol. The zero-order valence-electron chi connectivity index (χ0n) is 8.49. The highest BCUT2D eigenvalue weighted by molar-refractivity contribution is 6.29. The Morgan fingerprint density at radius 3 is 3.13 bits per heavy atom. The third-order valence-electron chi connectivity index (χ3n) is 2.38. The SMILES string of the molecule is Clc1cccc(OCC2CCCCO2)n1. The van der Waals surface area contributed by atoms with Crippen molar-refractivity contribution in [1.29, 1.82) is 0 Å². The van der Waals surface area contributed by atoms with Crippen LogP contribution in [0.5, 0.6) is 5.88 Å². The summed E-state index contributed by atoms with van der Waals surface area (Å²) in [6.07, 6.45) is 3.66. The summed E-state index contributed by atoms with van der Waals surface area (Å²) in [5.74, 6) is 0.566. The maximum Gasteiger partial charge on any atom is 0.214 e. The molecule has 1 aromatic heterocycles. The van der Waals surface area contributed by atoms with Gasteiger partial charge in [-0.25, -0.2) is 4.98 Å². The quantitative estimate of drug-likeness (QED) is 0.744. The molecule has 0 saturated carbocycles. The monoisotopic (exact) mass is 227 g/mol. The fourth-order valence-corrected chi connectivity index (χ4v) is 1.74. The number of nitrogens with zero attached hydrogens (tertiary/aromatic N) is 1. The van der Waals surface area contributed by atoms with Crippen molar-refractivity contribution in [1.82, 2.24) is 4.98 Å². The van der Waals surface area contributed by atoms with Crippen molar-refractivity contribution in [3.05, 3.63) is 23.4 Å². The van der Waals surface area contributed by atoms with E-state index < -0.39 is 0 Å². The van der Waals surface area contributed by atoms with Crippen LogP contribution in [0.25, 0.3) is 0 Å². The zero-order chi connectivity index (χ0) is 10.5. The van der Waals surface area contributed by atoms with Crippen LogP contribution in [0.4, 0.5) is 0 Å². The zero-order valence-corrected chi connectivity index (χ0v) is 9.24. The topological polar surface area (TPSA) is 31.4 Å². The maximum absolute atomic E-state index is 5.74. The van der Waals surface area contributed by atoms with Gasteiger partial charge in [0.15, 0.2) is 0 Å². The molecule has 1 unspecified atom stereocenters. The van der Waals surface area contributed by atoms with Crippen LogP contribution in [0.2, 0.25) is 5.15 Å². The highest BCUT2D eigenvalue weighted by atomic mass is 35.5. The van der Waals surface area contributed by atoms with E-state index in [-0.39, 0.29) is 6.10 Å². The summed E-state index contributed by atoms with van der Waals surface area (Å²) in [5, 5.41) is 0.456. The molecule has 82 valence electrons. The van der Waals surface area contributed by atoms with Gasteiger partial charge in [-0.3, -0.25) is 0 Å². The van der Waals surface area contributed by atoms with E-state index in [9.17, 15) is 0 Å². The van der Waals surface area contributed by atoms with E-state index in [0.717, 1.165) is 19.4 Å². The predicted octanol–water partition coefficient (Wildman–Crippen LogP) is 2.68. The molecule has 2 rings (SSSR count). The summed E-state index contributed by atoms with van der Waals surface area (Å²) in [4.78, 5) is 4.05. The van der Waals surface area contributed by atoms with E-state index in [0.29, 0.717) is 17.6 Å². The van der Waals surface area contributed by atoms with E-state index in [1.54, 1.807) is 12.1 Å². The number of hydrogen-bond acceptors (Lipinski definition) is 3. The largest absolute Gasteiger partial charge is 0.475 e. The Bertz CT molecular complexity index is 313. The van der Waals surface area contributed by atoms with E-state index >= 15 is 0 Å². The Morgan fingerprint density at radius 1 is 1.47 bits per heavy atom. The summed E-state index contributed by atoms with van der Waals surface area (Å²) in [5.41, 5.74) is 0. The molecule has 0 amide bonds. The van der Waals surface area contributed by atoms with Gasteiger partial charge in [0.05, 0.1) is 6.10 Å². The molecule has 1 aromatic rings. The Kier molecular flexibility index (Phi) is 3.80. The number of hydrogen-bond donors (Lipinski definition) is 0. The second-order valence-electron chi connectivity index (χ2n) is 3.60. The third-order valence-corrected chi connectivity index (χ3v) is 2.59. The van der Waals surface area contributed by atoms with Crippen LogP contribution in [-0.4, -0.2) is 24.3 Å². The van der Waals surface area contributed by atoms with Gasteiger partial charge in [-0.1, -0.05) is 17.7 Å². The summed E-state index contributed by atoms with van der Waals surface area (Å²) in [7, 11) is 0. The molecule has 0 bridgehead atoms. The van der Waals surface area contributed by atoms with Gasteiger partial charge in [0.1, 0.15) is 11.8 Å². The lowest BCUT2D eigenvalue weighted by Crippen LogP contribution is -2.25. The minimum absolute atomic E-state index is 0.208. The Balaban J connectivity index is 1.81. The lowest BCUT2D eigenvalue weighted by molar-refractivity contribution is -0.0119. The molecule has 1 aliphatic heterocycles. The van der Waals surface area contributed by atoms with Crippen LogP contribution in [0.3, 0.4) is 0 Å². The Morgan fingerprint density at radius 2 is 2.40 bits per heavy atom. The molecule has 0 spiro atoms. The molecule has 1 saturated heterocycles. The first-order chi connectivity index (χ1) is 7.34. The van der Waals surface area contributed by atoms with Gasteiger partial charge >= 0.3 is 0 Å². The second kappa shape index (κ2) is 5.33. The van der Waals surface area contributed by atoms with Crippen LogP contribution < -0.4 is 4.74 Å². The summed E-state index contributed by atoms with van der Waals surface area (Å²) in [6.45, 7) is 1.41. The molecular weight excluding hydrogens is 214 g/mol. The van der Waals surface area contributed by atoms with Gasteiger partial charge in [-0.15, -0.1) is 0 Å². The first-order valence-electron chi connectivity index (χ1n) is 5.21. The van der Waals surface area contributed by atoms with Gasteiger partial charge in [-0.2, -0.15) is 0 Å². The highest BCUT2D eigenvalue weighted by Crippen LogP contribution is 2.15. The number of halogens is 1. The molecule has 4 heteroatoms. The van der Waals surface area contributed by atoms with Crippen molar-refractivity contribution in [2.45, 2.75) is 25.4 Å². The minimum Gasteiger partial charge on any atom is -0.475 e. The van der Waals surface area contributed by atoms with Gasteiger partial charge < -0.3 is 9.47 Å². The van der Waals surface area contributed by atoms with Crippen LogP contribution in [0.1, 0.15) is 19.3 Å². The average Bonchev–Trinajstić information content (AvgIpc) is 2.28. The minimum atomic E-state index is 0.208. The fraction of sp³-hybridized carbons (Fsp3) is 0.545. The van der Waals surface area contributed by atoms with Gasteiger partial charge in [-0.05, 0) is 25.3 Å². The van der Waals surface area contributed by atoms with Crippen LogP contribution in [-0.2, 0) is 4.74 Å². The smallest absolute Gasteiger partial charge is 0.214 e. The second-order valence-corrected chi connectivity index (χ2v) is 3.99. The first kappa shape index (κ1) is 10.7. The molecule has 15 heavy (non-hydrogen) atoms. The van der Waals surface area contributed by atoms with Crippen molar-refractivity contribution < 1.29 is 9.47 Å². The van der Waals surface area contributed by atoms with Crippen molar-refractivity contribution in [2.24, 2.45) is 0 Å². The number of rotatable bonds is 3. The number of pyridine rings is 1. The molecule has 0 radical (unpaired) electrons. The molecule has 1 atom stereocenters. The Labute approximate surface area is 94.4 Å². The lowest BCUT2D eigenvalue weighted by atomic mass is 10.1. The molecule has 0 aromatic carbocycles. The van der Waals surface area contributed by atoms with Gasteiger partial charge in [0, 0.05) is 12.7 Å². The van der Waals surface area contributed by atoms with Crippen molar-refractivity contribution in [2.75, 3.05) is 13.2 Å². The van der Waals surface area contributed by atoms with Crippen molar-refractivity contribution >= 4 is 11.6 Å². The van der Waals surface area contributed by atoms with E-state index in [1.807, 2.05) is 6.07 Å². The molecule has 0 N–H and O–H groups in total. The summed E-state index contributed by atoms with van der Waals surface area (Å²) < 4.78 is 11.0. The van der Waals surface area contributed by atoms with E-state index in [2.05, 4.69) is 4.98 Å². The number of ether oxygens (including phenoxy) is 2. The van der Waals surface area contributed by atoms with Crippen molar-refractivity contribution in [3.8, 4) is 5.88 Å². The maximum atomic E-state index is 5.74. The first-order valence-corrected chi connectivity index (χ1v) is 5.59. The van der Waals surface area contributed by atoms with E-state index in [4.69, 9.17) is 21.1 Å². The molecule has 2 heterocycles.